The molecule has 2 atom stereocenters. The number of carbonyl (C=O) groups is 4. The zero-order valence-corrected chi connectivity index (χ0v) is 21.9. The molecular weight excluding hydrogens is 458 g/mol. The Morgan fingerprint density at radius 3 is 2.21 bits per heavy atom. The molecule has 34 heavy (non-hydrogen) atoms. The number of thioether (sulfide) groups is 1. The lowest BCUT2D eigenvalue weighted by Gasteiger charge is -2.37. The molecule has 0 heterocycles. The Morgan fingerprint density at radius 1 is 1.09 bits per heavy atom. The van der Waals surface area contributed by atoms with E-state index in [-0.39, 0.29) is 6.54 Å². The van der Waals surface area contributed by atoms with Crippen LogP contribution in [-0.4, -0.2) is 72.1 Å². The normalized spacial score (nSPS) is 12.9. The number of benzene rings is 1. The van der Waals surface area contributed by atoms with Crippen LogP contribution in [-0.2, 0) is 23.9 Å². The van der Waals surface area contributed by atoms with Gasteiger partial charge in [-0.15, -0.1) is 0 Å². The highest BCUT2D eigenvalue weighted by Crippen LogP contribution is 2.25. The molecule has 0 aliphatic rings. The van der Waals surface area contributed by atoms with Gasteiger partial charge >= 0.3 is 12.1 Å². The Morgan fingerprint density at radius 2 is 1.71 bits per heavy atom. The first-order valence-corrected chi connectivity index (χ1v) is 12.5. The summed E-state index contributed by atoms with van der Waals surface area (Å²) in [6.45, 7) is 8.47. The predicted molar refractivity (Wildman–Crippen MR) is 132 cm³/mol. The summed E-state index contributed by atoms with van der Waals surface area (Å²) in [5.74, 6) is -0.939. The largest absolute Gasteiger partial charge is 0.468 e. The van der Waals surface area contributed by atoms with Crippen molar-refractivity contribution in [3.05, 3.63) is 35.9 Å². The van der Waals surface area contributed by atoms with Gasteiger partial charge in [0.05, 0.1) is 7.11 Å². The van der Waals surface area contributed by atoms with Crippen molar-refractivity contribution >= 4 is 35.6 Å². The Hall–Kier alpha value is -2.75. The van der Waals surface area contributed by atoms with Gasteiger partial charge in [0, 0.05) is 6.04 Å². The fourth-order valence-electron chi connectivity index (χ4n) is 3.20. The van der Waals surface area contributed by atoms with Gasteiger partial charge in [-0.25, -0.2) is 4.79 Å². The van der Waals surface area contributed by atoms with Crippen LogP contribution in [0, 0.1) is 0 Å². The molecule has 0 aliphatic heterocycles. The van der Waals surface area contributed by atoms with Gasteiger partial charge in [-0.05, 0) is 58.6 Å². The lowest BCUT2D eigenvalue weighted by Crippen LogP contribution is -2.55. The number of alkyl carbamates (subject to hydrolysis) is 1. The van der Waals surface area contributed by atoms with E-state index in [2.05, 4.69) is 15.4 Å². The Labute approximate surface area is 206 Å². The average Bonchev–Trinajstić information content (AvgIpc) is 2.76. The summed E-state index contributed by atoms with van der Waals surface area (Å²) in [5, 5.41) is 5.23. The molecule has 0 fully saturated rings. The van der Waals surface area contributed by atoms with E-state index in [0.29, 0.717) is 17.7 Å². The van der Waals surface area contributed by atoms with E-state index in [9.17, 15) is 19.2 Å². The van der Waals surface area contributed by atoms with Crippen molar-refractivity contribution < 1.29 is 28.7 Å². The van der Waals surface area contributed by atoms with E-state index in [4.69, 9.17) is 4.74 Å². The van der Waals surface area contributed by atoms with Crippen LogP contribution in [0.1, 0.15) is 52.6 Å². The van der Waals surface area contributed by atoms with E-state index in [1.54, 1.807) is 65.0 Å². The van der Waals surface area contributed by atoms with Crippen molar-refractivity contribution in [3.8, 4) is 0 Å². The number of esters is 1. The SMILES string of the molecule is COC(=O)CNC(=O)C(c1ccccc1)N(C(=O)C(CCSC)NC(=O)OC(C)(C)C)C(C)C. The van der Waals surface area contributed by atoms with Crippen LogP contribution in [0.25, 0.3) is 0 Å². The van der Waals surface area contributed by atoms with Crippen LogP contribution in [0.15, 0.2) is 30.3 Å². The second-order valence-electron chi connectivity index (χ2n) is 8.93. The Balaban J connectivity index is 3.33. The molecule has 9 nitrogen and oxygen atoms in total. The second-order valence-corrected chi connectivity index (χ2v) is 9.91. The molecule has 1 rings (SSSR count). The first-order chi connectivity index (χ1) is 15.9. The number of nitrogens with zero attached hydrogens (tertiary/aromatic N) is 1. The lowest BCUT2D eigenvalue weighted by molar-refractivity contribution is -0.146. The summed E-state index contributed by atoms with van der Waals surface area (Å²) in [6.07, 6.45) is 1.55. The number of carbonyl (C=O) groups excluding carboxylic acids is 4. The average molecular weight is 496 g/mol. The maximum absolute atomic E-state index is 13.8. The zero-order valence-electron chi connectivity index (χ0n) is 21.0. The molecule has 3 amide bonds. The molecule has 2 N–H and O–H groups in total. The standard InChI is InChI=1S/C24H37N3O6S/c1-16(2)27(22(30)18(13-14-34-7)26-23(31)33-24(3,4)5)20(17-11-9-8-10-12-17)21(29)25-15-19(28)32-6/h8-12,16,18,20H,13-15H2,1-7H3,(H,25,29)(H,26,31). The van der Waals surface area contributed by atoms with Gasteiger partial charge in [0.15, 0.2) is 0 Å². The van der Waals surface area contributed by atoms with Gasteiger partial charge in [-0.1, -0.05) is 30.3 Å². The maximum Gasteiger partial charge on any atom is 0.408 e. The van der Waals surface area contributed by atoms with Crippen LogP contribution in [0.4, 0.5) is 4.79 Å². The quantitative estimate of drug-likeness (QED) is 0.454. The zero-order chi connectivity index (χ0) is 25.9. The molecule has 10 heteroatoms. The van der Waals surface area contributed by atoms with Crippen molar-refractivity contribution in [2.75, 3.05) is 25.7 Å². The summed E-state index contributed by atoms with van der Waals surface area (Å²) in [4.78, 5) is 52.5. The highest BCUT2D eigenvalue weighted by atomic mass is 32.2. The molecular formula is C24H37N3O6S. The monoisotopic (exact) mass is 495 g/mol. The van der Waals surface area contributed by atoms with Gasteiger partial charge in [0.25, 0.3) is 0 Å². The minimum Gasteiger partial charge on any atom is -0.468 e. The van der Waals surface area contributed by atoms with Crippen LogP contribution in [0.5, 0.6) is 0 Å². The first kappa shape index (κ1) is 29.3. The third-order valence-electron chi connectivity index (χ3n) is 4.69. The summed E-state index contributed by atoms with van der Waals surface area (Å²) >= 11 is 1.54. The summed E-state index contributed by atoms with van der Waals surface area (Å²) < 4.78 is 9.96. The van der Waals surface area contributed by atoms with Crippen molar-refractivity contribution in [3.63, 3.8) is 0 Å². The van der Waals surface area contributed by atoms with Gasteiger partial charge in [-0.3, -0.25) is 14.4 Å². The fraction of sp³-hybridized carbons (Fsp3) is 0.583. The van der Waals surface area contributed by atoms with Gasteiger partial charge in [-0.2, -0.15) is 11.8 Å². The van der Waals surface area contributed by atoms with Crippen molar-refractivity contribution in [2.24, 2.45) is 0 Å². The number of rotatable bonds is 11. The molecule has 0 radical (unpaired) electrons. The number of nitrogens with one attached hydrogen (secondary N) is 2. The molecule has 0 saturated carbocycles. The maximum atomic E-state index is 13.8. The van der Waals surface area contributed by atoms with Crippen LogP contribution in [0.3, 0.4) is 0 Å². The van der Waals surface area contributed by atoms with E-state index < -0.39 is 47.6 Å². The Bertz CT molecular complexity index is 826. The van der Waals surface area contributed by atoms with Crippen molar-refractivity contribution in [2.45, 2.75) is 64.8 Å². The van der Waals surface area contributed by atoms with Gasteiger partial charge in [0.2, 0.25) is 11.8 Å². The summed E-state index contributed by atoms with van der Waals surface area (Å²) in [7, 11) is 1.23. The number of hydrogen-bond acceptors (Lipinski definition) is 7. The smallest absolute Gasteiger partial charge is 0.408 e. The third kappa shape index (κ3) is 9.62. The highest BCUT2D eigenvalue weighted by Gasteiger charge is 2.37. The van der Waals surface area contributed by atoms with E-state index in [1.165, 1.54) is 23.8 Å². The van der Waals surface area contributed by atoms with E-state index in [1.807, 2.05) is 6.26 Å². The topological polar surface area (TPSA) is 114 Å². The molecule has 190 valence electrons. The molecule has 1 aromatic rings. The minimum atomic E-state index is -1.02. The molecule has 2 unspecified atom stereocenters. The summed E-state index contributed by atoms with van der Waals surface area (Å²) in [5.41, 5.74) is -0.150. The van der Waals surface area contributed by atoms with Crippen LogP contribution >= 0.6 is 11.8 Å². The lowest BCUT2D eigenvalue weighted by atomic mass is 10.0. The molecule has 0 aliphatic carbocycles. The van der Waals surface area contributed by atoms with E-state index >= 15 is 0 Å². The van der Waals surface area contributed by atoms with E-state index in [0.717, 1.165) is 0 Å². The number of ether oxygens (including phenoxy) is 2. The third-order valence-corrected chi connectivity index (χ3v) is 5.33. The number of methoxy groups -OCH3 is 1. The summed E-state index contributed by atoms with van der Waals surface area (Å²) in [6, 6.07) is 6.51. The molecule has 0 spiro atoms. The van der Waals surface area contributed by atoms with Gasteiger partial charge in [0.1, 0.15) is 24.2 Å². The highest BCUT2D eigenvalue weighted by molar-refractivity contribution is 7.98. The van der Waals surface area contributed by atoms with Crippen molar-refractivity contribution in [1.82, 2.24) is 15.5 Å². The van der Waals surface area contributed by atoms with Crippen molar-refractivity contribution in [1.29, 1.82) is 0 Å². The first-order valence-electron chi connectivity index (χ1n) is 11.1. The predicted octanol–water partition coefficient (Wildman–Crippen LogP) is 2.90. The number of hydrogen-bond donors (Lipinski definition) is 2. The second kappa shape index (κ2) is 13.8. The molecule has 1 aromatic carbocycles. The molecule has 0 aromatic heterocycles. The molecule has 0 saturated heterocycles. The van der Waals surface area contributed by atoms with Crippen LogP contribution < -0.4 is 10.6 Å². The van der Waals surface area contributed by atoms with Crippen LogP contribution in [0.2, 0.25) is 0 Å². The number of amides is 3. The Kier molecular flexibility index (Phi) is 11.9. The fourth-order valence-corrected chi connectivity index (χ4v) is 3.68. The van der Waals surface area contributed by atoms with Gasteiger partial charge < -0.3 is 25.0 Å². The minimum absolute atomic E-state index is 0.329. The molecule has 0 bridgehead atoms.